The lowest BCUT2D eigenvalue weighted by atomic mass is 9.86. The molecule has 106 valence electrons. The molecule has 0 atom stereocenters. The Labute approximate surface area is 110 Å². The molecule has 1 heterocycles. The second-order valence-corrected chi connectivity index (χ2v) is 5.47. The monoisotopic (exact) mass is 269 g/mol. The van der Waals surface area contributed by atoms with Crippen LogP contribution < -0.4 is 16.4 Å². The number of nitrogens with zero attached hydrogens (tertiary/aromatic N) is 1. The highest BCUT2D eigenvalue weighted by Gasteiger charge is 2.36. The van der Waals surface area contributed by atoms with E-state index in [1.165, 1.54) is 0 Å². The first-order valence-electron chi connectivity index (χ1n) is 5.86. The highest BCUT2D eigenvalue weighted by molar-refractivity contribution is 5.76. The van der Waals surface area contributed by atoms with Crippen LogP contribution in [0.1, 0.15) is 27.7 Å². The maximum absolute atomic E-state index is 11.8. The van der Waals surface area contributed by atoms with E-state index in [-0.39, 0.29) is 6.54 Å². The molecule has 0 bridgehead atoms. The van der Waals surface area contributed by atoms with Crippen LogP contribution in [0, 0.1) is 0 Å². The van der Waals surface area contributed by atoms with E-state index in [0.29, 0.717) is 0 Å². The number of aromatic amines is 1. The number of aromatic nitrogens is 2. The topological polar surface area (TPSA) is 104 Å². The maximum atomic E-state index is 11.8. The molecule has 0 fully saturated rings. The minimum atomic E-state index is -1.13. The van der Waals surface area contributed by atoms with Crippen LogP contribution in [-0.2, 0) is 11.3 Å². The van der Waals surface area contributed by atoms with Crippen LogP contribution >= 0.6 is 0 Å². The van der Waals surface area contributed by atoms with E-state index < -0.39 is 28.2 Å². The van der Waals surface area contributed by atoms with Gasteiger partial charge in [-0.3, -0.25) is 19.5 Å². The van der Waals surface area contributed by atoms with Gasteiger partial charge in [0.1, 0.15) is 6.54 Å². The molecular weight excluding hydrogens is 250 g/mol. The zero-order chi connectivity index (χ0) is 14.8. The number of carbonyl (C=O) groups is 1. The predicted octanol–water partition coefficient (Wildman–Crippen LogP) is -0.798. The molecule has 19 heavy (non-hydrogen) atoms. The van der Waals surface area contributed by atoms with Crippen LogP contribution in [0.5, 0.6) is 0 Å². The number of aliphatic hydroxyl groups is 1. The molecule has 1 amide bonds. The van der Waals surface area contributed by atoms with Gasteiger partial charge in [0.25, 0.3) is 11.1 Å². The van der Waals surface area contributed by atoms with Crippen LogP contribution in [0.15, 0.2) is 21.7 Å². The van der Waals surface area contributed by atoms with Gasteiger partial charge in [0.2, 0.25) is 5.91 Å². The first-order valence-corrected chi connectivity index (χ1v) is 5.86. The van der Waals surface area contributed by atoms with Gasteiger partial charge in [0.15, 0.2) is 0 Å². The van der Waals surface area contributed by atoms with Gasteiger partial charge in [0.05, 0.1) is 11.1 Å². The standard InChI is InChI=1S/C12H19N3O4/c1-11(2,12(3,4)19)13-9(17)7-15-10(18)6-5-8(16)14-15/h5-6,19H,7H2,1-4H3,(H,13,17)(H,14,16). The number of amides is 1. The molecule has 0 aliphatic rings. The molecule has 0 aliphatic heterocycles. The van der Waals surface area contributed by atoms with E-state index in [4.69, 9.17) is 0 Å². The average Bonchev–Trinajstić information content (AvgIpc) is 2.21. The van der Waals surface area contributed by atoms with Crippen LogP contribution in [0.3, 0.4) is 0 Å². The number of rotatable bonds is 4. The lowest BCUT2D eigenvalue weighted by molar-refractivity contribution is -0.127. The Morgan fingerprint density at radius 1 is 1.32 bits per heavy atom. The molecule has 0 aromatic carbocycles. The zero-order valence-electron chi connectivity index (χ0n) is 11.5. The van der Waals surface area contributed by atoms with Gasteiger partial charge < -0.3 is 10.4 Å². The van der Waals surface area contributed by atoms with Crippen LogP contribution in [0.4, 0.5) is 0 Å². The fourth-order valence-corrected chi connectivity index (χ4v) is 1.26. The molecule has 0 radical (unpaired) electrons. The SMILES string of the molecule is CC(C)(O)C(C)(C)NC(=O)Cn1[nH]c(=O)ccc1=O. The lowest BCUT2D eigenvalue weighted by Gasteiger charge is -2.38. The highest BCUT2D eigenvalue weighted by Crippen LogP contribution is 2.20. The summed E-state index contributed by atoms with van der Waals surface area (Å²) >= 11 is 0. The molecular formula is C12H19N3O4. The van der Waals surface area contributed by atoms with Gasteiger partial charge in [-0.15, -0.1) is 0 Å². The largest absolute Gasteiger partial charge is 0.388 e. The molecule has 0 saturated carbocycles. The Bertz CT molecular complexity index is 578. The first-order chi connectivity index (χ1) is 8.53. The van der Waals surface area contributed by atoms with Crippen molar-refractivity contribution in [2.45, 2.75) is 45.4 Å². The molecule has 0 aliphatic carbocycles. The van der Waals surface area contributed by atoms with E-state index in [1.807, 2.05) is 0 Å². The minimum absolute atomic E-state index is 0.311. The fourth-order valence-electron chi connectivity index (χ4n) is 1.26. The summed E-state index contributed by atoms with van der Waals surface area (Å²) in [7, 11) is 0. The van der Waals surface area contributed by atoms with Crippen molar-refractivity contribution in [1.82, 2.24) is 15.1 Å². The number of hydrogen-bond donors (Lipinski definition) is 3. The van der Waals surface area contributed by atoms with Gasteiger partial charge in [-0.2, -0.15) is 0 Å². The molecule has 0 unspecified atom stereocenters. The second-order valence-electron chi connectivity index (χ2n) is 5.47. The quantitative estimate of drug-likeness (QED) is 0.665. The van der Waals surface area contributed by atoms with Crippen molar-refractivity contribution in [2.75, 3.05) is 0 Å². The molecule has 3 N–H and O–H groups in total. The normalized spacial score (nSPS) is 12.3. The van der Waals surface area contributed by atoms with Gasteiger partial charge in [-0.25, -0.2) is 4.68 Å². The third-order valence-corrected chi connectivity index (χ3v) is 3.17. The summed E-state index contributed by atoms with van der Waals surface area (Å²) in [5.41, 5.74) is -2.94. The summed E-state index contributed by atoms with van der Waals surface area (Å²) in [6.07, 6.45) is 0. The summed E-state index contributed by atoms with van der Waals surface area (Å²) in [4.78, 5) is 34.3. The Morgan fingerprint density at radius 2 is 1.89 bits per heavy atom. The first kappa shape index (κ1) is 15.2. The summed E-state index contributed by atoms with van der Waals surface area (Å²) in [6, 6.07) is 2.19. The van der Waals surface area contributed by atoms with Crippen molar-refractivity contribution in [3.8, 4) is 0 Å². The second kappa shape index (κ2) is 5.00. The van der Waals surface area contributed by atoms with Crippen molar-refractivity contribution in [3.63, 3.8) is 0 Å². The molecule has 0 saturated heterocycles. The summed E-state index contributed by atoms with van der Waals surface area (Å²) in [5, 5.41) is 14.8. The Morgan fingerprint density at radius 3 is 2.42 bits per heavy atom. The van der Waals surface area contributed by atoms with Crippen molar-refractivity contribution in [1.29, 1.82) is 0 Å². The molecule has 7 nitrogen and oxygen atoms in total. The maximum Gasteiger partial charge on any atom is 0.265 e. The summed E-state index contributed by atoms with van der Waals surface area (Å²) < 4.78 is 0.915. The highest BCUT2D eigenvalue weighted by atomic mass is 16.3. The Kier molecular flexibility index (Phi) is 4.00. The van der Waals surface area contributed by atoms with Crippen LogP contribution in [0.25, 0.3) is 0 Å². The molecule has 1 rings (SSSR count). The van der Waals surface area contributed by atoms with Gasteiger partial charge in [-0.05, 0) is 27.7 Å². The molecule has 7 heteroatoms. The van der Waals surface area contributed by atoms with E-state index in [1.54, 1.807) is 27.7 Å². The van der Waals surface area contributed by atoms with E-state index in [9.17, 15) is 19.5 Å². The molecule has 1 aromatic rings. The van der Waals surface area contributed by atoms with E-state index in [0.717, 1.165) is 16.8 Å². The smallest absolute Gasteiger partial charge is 0.265 e. The summed E-state index contributed by atoms with van der Waals surface area (Å²) in [6.45, 7) is 6.17. The Balaban J connectivity index is 2.85. The van der Waals surface area contributed by atoms with Gasteiger partial charge >= 0.3 is 0 Å². The van der Waals surface area contributed by atoms with Gasteiger partial charge in [0, 0.05) is 12.1 Å². The summed E-state index contributed by atoms with van der Waals surface area (Å²) in [5.74, 6) is -0.476. The van der Waals surface area contributed by atoms with Crippen molar-refractivity contribution >= 4 is 5.91 Å². The van der Waals surface area contributed by atoms with E-state index >= 15 is 0 Å². The van der Waals surface area contributed by atoms with E-state index in [2.05, 4.69) is 10.4 Å². The van der Waals surface area contributed by atoms with Gasteiger partial charge in [-0.1, -0.05) is 0 Å². The average molecular weight is 269 g/mol. The number of hydrogen-bond acceptors (Lipinski definition) is 4. The third-order valence-electron chi connectivity index (χ3n) is 3.17. The molecule has 1 aromatic heterocycles. The molecule has 0 spiro atoms. The lowest BCUT2D eigenvalue weighted by Crippen LogP contribution is -2.58. The predicted molar refractivity (Wildman–Crippen MR) is 69.8 cm³/mol. The Hall–Kier alpha value is -1.89. The fraction of sp³-hybridized carbons (Fsp3) is 0.583. The number of H-pyrrole nitrogens is 1. The van der Waals surface area contributed by atoms with Crippen LogP contribution in [-0.4, -0.2) is 31.9 Å². The van der Waals surface area contributed by atoms with Crippen LogP contribution in [0.2, 0.25) is 0 Å². The van der Waals surface area contributed by atoms with Crippen molar-refractivity contribution in [2.24, 2.45) is 0 Å². The minimum Gasteiger partial charge on any atom is -0.388 e. The van der Waals surface area contributed by atoms with Crippen molar-refractivity contribution < 1.29 is 9.90 Å². The third kappa shape index (κ3) is 3.78. The van der Waals surface area contributed by atoms with Crippen molar-refractivity contribution in [3.05, 3.63) is 32.8 Å². The number of carbonyl (C=O) groups excluding carboxylic acids is 1. The number of nitrogens with one attached hydrogen (secondary N) is 2. The zero-order valence-corrected chi connectivity index (χ0v) is 11.5.